The normalized spacial score (nSPS) is 20.3. The van der Waals surface area contributed by atoms with Crippen LogP contribution in [-0.4, -0.2) is 31.9 Å². The van der Waals surface area contributed by atoms with Gasteiger partial charge < -0.3 is 4.98 Å². The van der Waals surface area contributed by atoms with Crippen molar-refractivity contribution in [2.45, 2.75) is 57.2 Å². The van der Waals surface area contributed by atoms with Gasteiger partial charge in [0, 0.05) is 22.8 Å². The molecule has 106 valence electrons. The van der Waals surface area contributed by atoms with E-state index < -0.39 is 0 Å². The van der Waals surface area contributed by atoms with E-state index in [0.29, 0.717) is 0 Å². The zero-order valence-corrected chi connectivity index (χ0v) is 13.1. The quantitative estimate of drug-likeness (QED) is 0.928. The molecule has 2 aromatic heterocycles. The molecule has 0 aromatic carbocycles. The molecule has 4 rings (SSSR count). The summed E-state index contributed by atoms with van der Waals surface area (Å²) < 4.78 is 0.995. The van der Waals surface area contributed by atoms with E-state index in [-0.39, 0.29) is 0 Å². The smallest absolute Gasteiger partial charge is 0.177 e. The zero-order valence-electron chi connectivity index (χ0n) is 11.5. The summed E-state index contributed by atoms with van der Waals surface area (Å²) in [5.41, 5.74) is 1.85. The van der Waals surface area contributed by atoms with Crippen LogP contribution in [0.5, 0.6) is 0 Å². The number of halogens is 1. The second kappa shape index (κ2) is 5.11. The lowest BCUT2D eigenvalue weighted by Gasteiger charge is -2.45. The molecule has 5 heteroatoms. The molecule has 0 saturated heterocycles. The van der Waals surface area contributed by atoms with Crippen molar-refractivity contribution in [1.82, 2.24) is 19.9 Å². The predicted octanol–water partition coefficient (Wildman–Crippen LogP) is 3.63. The highest BCUT2D eigenvalue weighted by Crippen LogP contribution is 2.34. The number of imidazole rings is 1. The molecule has 2 heterocycles. The van der Waals surface area contributed by atoms with E-state index in [4.69, 9.17) is 0 Å². The highest BCUT2D eigenvalue weighted by atomic mass is 79.9. The number of nitrogens with one attached hydrogen (secondary N) is 1. The first-order valence-corrected chi connectivity index (χ1v) is 8.35. The molecule has 0 radical (unpaired) electrons. The molecule has 2 aromatic rings. The van der Waals surface area contributed by atoms with Gasteiger partial charge in [-0.25, -0.2) is 9.97 Å². The average molecular weight is 335 g/mol. The summed E-state index contributed by atoms with van der Waals surface area (Å²) in [5.74, 6) is 1.06. The number of nitrogens with zero attached hydrogens (tertiary/aromatic N) is 3. The maximum Gasteiger partial charge on any atom is 0.177 e. The Morgan fingerprint density at radius 3 is 2.50 bits per heavy atom. The molecule has 2 fully saturated rings. The Morgan fingerprint density at radius 1 is 1.20 bits per heavy atom. The van der Waals surface area contributed by atoms with Gasteiger partial charge in [-0.3, -0.25) is 4.90 Å². The molecule has 2 saturated carbocycles. The van der Waals surface area contributed by atoms with E-state index in [9.17, 15) is 0 Å². The fourth-order valence-electron chi connectivity index (χ4n) is 3.17. The van der Waals surface area contributed by atoms with Gasteiger partial charge in [-0.1, -0.05) is 12.8 Å². The van der Waals surface area contributed by atoms with Crippen LogP contribution in [-0.2, 0) is 6.54 Å². The monoisotopic (exact) mass is 334 g/mol. The number of aromatic amines is 1. The number of rotatable bonds is 4. The SMILES string of the molecule is Brc1cnc2nc(CN(C3CCC3)C3CCC3)[nH]c2c1. The lowest BCUT2D eigenvalue weighted by atomic mass is 9.84. The fraction of sp³-hybridized carbons (Fsp3) is 0.600. The van der Waals surface area contributed by atoms with Crippen molar-refractivity contribution in [2.75, 3.05) is 0 Å². The van der Waals surface area contributed by atoms with Crippen LogP contribution in [0.1, 0.15) is 44.3 Å². The first-order valence-electron chi connectivity index (χ1n) is 7.55. The second-order valence-electron chi connectivity index (χ2n) is 6.05. The summed E-state index contributed by atoms with van der Waals surface area (Å²) in [6, 6.07) is 3.62. The molecule has 0 spiro atoms. The van der Waals surface area contributed by atoms with Crippen LogP contribution in [0.25, 0.3) is 11.2 Å². The minimum absolute atomic E-state index is 0.785. The van der Waals surface area contributed by atoms with Crippen LogP contribution >= 0.6 is 15.9 Å². The summed E-state index contributed by atoms with van der Waals surface area (Å²) in [6.07, 6.45) is 10.0. The molecule has 0 bridgehead atoms. The Bertz CT molecular complexity index is 601. The van der Waals surface area contributed by atoms with Crippen LogP contribution in [0.4, 0.5) is 0 Å². The molecular formula is C15H19BrN4. The second-order valence-corrected chi connectivity index (χ2v) is 6.97. The highest BCUT2D eigenvalue weighted by molar-refractivity contribution is 9.10. The van der Waals surface area contributed by atoms with E-state index in [1.165, 1.54) is 38.5 Å². The third-order valence-electron chi connectivity index (χ3n) is 4.77. The van der Waals surface area contributed by atoms with Gasteiger partial charge in [0.1, 0.15) is 5.82 Å². The Balaban J connectivity index is 1.57. The van der Waals surface area contributed by atoms with E-state index in [2.05, 4.69) is 41.8 Å². The fourth-order valence-corrected chi connectivity index (χ4v) is 3.50. The number of hydrogen-bond donors (Lipinski definition) is 1. The molecule has 0 atom stereocenters. The maximum atomic E-state index is 4.65. The van der Waals surface area contributed by atoms with Crippen molar-refractivity contribution < 1.29 is 0 Å². The van der Waals surface area contributed by atoms with Crippen molar-refractivity contribution in [1.29, 1.82) is 0 Å². The standard InChI is InChI=1S/C15H19BrN4/c16-10-7-13-15(17-8-10)19-14(18-13)9-20(11-3-1-4-11)12-5-2-6-12/h7-8,11-12H,1-6,9H2,(H,17,18,19). The van der Waals surface area contributed by atoms with Gasteiger partial charge in [0.2, 0.25) is 0 Å². The van der Waals surface area contributed by atoms with E-state index in [1.807, 2.05) is 6.20 Å². The van der Waals surface area contributed by atoms with Crippen molar-refractivity contribution in [3.8, 4) is 0 Å². The van der Waals surface area contributed by atoms with Gasteiger partial charge in [-0.2, -0.15) is 0 Å². The van der Waals surface area contributed by atoms with Crippen LogP contribution in [0, 0.1) is 0 Å². The zero-order chi connectivity index (χ0) is 13.5. The summed E-state index contributed by atoms with van der Waals surface area (Å²) in [7, 11) is 0. The Labute approximate surface area is 127 Å². The largest absolute Gasteiger partial charge is 0.339 e. The Morgan fingerprint density at radius 2 is 1.90 bits per heavy atom. The van der Waals surface area contributed by atoms with Crippen LogP contribution in [0.3, 0.4) is 0 Å². The summed E-state index contributed by atoms with van der Waals surface area (Å²) >= 11 is 3.46. The first-order chi connectivity index (χ1) is 9.79. The molecular weight excluding hydrogens is 316 g/mol. The predicted molar refractivity (Wildman–Crippen MR) is 82.4 cm³/mol. The molecule has 0 unspecified atom stereocenters. The number of aromatic nitrogens is 3. The summed E-state index contributed by atoms with van der Waals surface area (Å²) in [6.45, 7) is 0.948. The van der Waals surface area contributed by atoms with Gasteiger partial charge in [-0.15, -0.1) is 0 Å². The van der Waals surface area contributed by atoms with Gasteiger partial charge in [0.05, 0.1) is 12.1 Å². The number of fused-ring (bicyclic) bond motifs is 1. The van der Waals surface area contributed by atoms with Gasteiger partial charge >= 0.3 is 0 Å². The lowest BCUT2D eigenvalue weighted by molar-refractivity contribution is 0.0312. The molecule has 2 aliphatic carbocycles. The van der Waals surface area contributed by atoms with Crippen molar-refractivity contribution in [2.24, 2.45) is 0 Å². The third-order valence-corrected chi connectivity index (χ3v) is 5.21. The maximum absolute atomic E-state index is 4.65. The molecule has 2 aliphatic rings. The molecule has 4 nitrogen and oxygen atoms in total. The lowest BCUT2D eigenvalue weighted by Crippen LogP contribution is -2.49. The highest BCUT2D eigenvalue weighted by Gasteiger charge is 2.34. The van der Waals surface area contributed by atoms with Crippen molar-refractivity contribution >= 4 is 27.1 Å². The average Bonchev–Trinajstić information content (AvgIpc) is 2.65. The number of pyridine rings is 1. The first kappa shape index (κ1) is 12.8. The number of H-pyrrole nitrogens is 1. The molecule has 0 aliphatic heterocycles. The van der Waals surface area contributed by atoms with Crippen molar-refractivity contribution in [3.05, 3.63) is 22.6 Å². The van der Waals surface area contributed by atoms with Crippen LogP contribution in [0.15, 0.2) is 16.7 Å². The van der Waals surface area contributed by atoms with Crippen LogP contribution < -0.4 is 0 Å². The minimum Gasteiger partial charge on any atom is -0.339 e. The van der Waals surface area contributed by atoms with E-state index >= 15 is 0 Å². The molecule has 20 heavy (non-hydrogen) atoms. The van der Waals surface area contributed by atoms with Crippen molar-refractivity contribution in [3.63, 3.8) is 0 Å². The van der Waals surface area contributed by atoms with Gasteiger partial charge in [0.15, 0.2) is 5.65 Å². The van der Waals surface area contributed by atoms with Gasteiger partial charge in [0.25, 0.3) is 0 Å². The third kappa shape index (κ3) is 2.27. The Kier molecular flexibility index (Phi) is 3.27. The van der Waals surface area contributed by atoms with E-state index in [1.54, 1.807) is 0 Å². The topological polar surface area (TPSA) is 44.8 Å². The minimum atomic E-state index is 0.785. The Hall–Kier alpha value is -0.940. The van der Waals surface area contributed by atoms with Gasteiger partial charge in [-0.05, 0) is 47.7 Å². The van der Waals surface area contributed by atoms with Crippen LogP contribution in [0.2, 0.25) is 0 Å². The van der Waals surface area contributed by atoms with E-state index in [0.717, 1.165) is 40.1 Å². The number of hydrogen-bond acceptors (Lipinski definition) is 3. The molecule has 0 amide bonds. The summed E-state index contributed by atoms with van der Waals surface area (Å²) in [4.78, 5) is 15.1. The molecule has 1 N–H and O–H groups in total. The summed E-state index contributed by atoms with van der Waals surface area (Å²) in [5, 5.41) is 0.